The maximum atomic E-state index is 11.9. The van der Waals surface area contributed by atoms with E-state index in [0.717, 1.165) is 0 Å². The van der Waals surface area contributed by atoms with E-state index < -0.39 is 41.2 Å². The molecule has 1 fully saturated rings. The van der Waals surface area contributed by atoms with E-state index in [2.05, 4.69) is 104 Å². The molecule has 1 aliphatic heterocycles. The Labute approximate surface area is 242 Å². The van der Waals surface area contributed by atoms with Crippen LogP contribution in [-0.4, -0.2) is 80.6 Å². The summed E-state index contributed by atoms with van der Waals surface area (Å²) in [6, 6.07) is 0. The van der Waals surface area contributed by atoms with E-state index in [1.807, 2.05) is 4.57 Å². The first kappa shape index (κ1) is 32.1. The third kappa shape index (κ3) is 6.73. The van der Waals surface area contributed by atoms with Crippen LogP contribution in [0.15, 0.2) is 11.1 Å². The van der Waals surface area contributed by atoms with Gasteiger partial charge in [-0.05, 0) is 52.2 Å². The van der Waals surface area contributed by atoms with Crippen molar-refractivity contribution in [2.75, 3.05) is 25.9 Å². The first-order chi connectivity index (χ1) is 17.8. The van der Waals surface area contributed by atoms with Crippen LogP contribution in [0.3, 0.4) is 0 Å². The standard InChI is InChI=1S/C25H45BrN6O5Si2/c1-24(2,3)38(8,9)36-18-15(12-28-13-16(33)34-7)35-22(19(18)37-39(10,11)25(4,5)6)32-21-17(31-23(32)26)20(27)29-14-30-21/h14-15,18-19,22,28H,12-13H2,1-11H3,(H2,27,29,30)/t15-,18-,19-,22-/m1/s1. The third-order valence-corrected chi connectivity index (χ3v) is 17.8. The molecule has 3 rings (SSSR count). The second kappa shape index (κ2) is 11.5. The van der Waals surface area contributed by atoms with Crippen molar-refractivity contribution in [1.82, 2.24) is 24.8 Å². The van der Waals surface area contributed by atoms with Crippen molar-refractivity contribution >= 4 is 55.5 Å². The molecule has 2 aromatic heterocycles. The maximum absolute atomic E-state index is 11.9. The molecule has 0 spiro atoms. The van der Waals surface area contributed by atoms with E-state index in [1.54, 1.807) is 0 Å². The highest BCUT2D eigenvalue weighted by Crippen LogP contribution is 2.46. The molecule has 4 atom stereocenters. The van der Waals surface area contributed by atoms with Gasteiger partial charge in [-0.2, -0.15) is 0 Å². The molecular weight excluding hydrogens is 600 g/mol. The average Bonchev–Trinajstić information content (AvgIpc) is 3.29. The number of rotatable bonds is 9. The van der Waals surface area contributed by atoms with Gasteiger partial charge in [0.05, 0.1) is 13.7 Å². The molecule has 0 bridgehead atoms. The Morgan fingerprint density at radius 2 is 1.64 bits per heavy atom. The first-order valence-electron chi connectivity index (χ1n) is 13.2. The molecule has 0 aromatic carbocycles. The van der Waals surface area contributed by atoms with Gasteiger partial charge >= 0.3 is 5.97 Å². The summed E-state index contributed by atoms with van der Waals surface area (Å²) in [6.07, 6.45) is -0.520. The lowest BCUT2D eigenvalue weighted by molar-refractivity contribution is -0.139. The Morgan fingerprint density at radius 1 is 1.08 bits per heavy atom. The number of imidazole rings is 1. The number of nitrogens with one attached hydrogen (secondary N) is 1. The van der Waals surface area contributed by atoms with Gasteiger partial charge in [-0.25, -0.2) is 15.0 Å². The minimum atomic E-state index is -2.31. The van der Waals surface area contributed by atoms with Crippen molar-refractivity contribution < 1.29 is 23.1 Å². The highest BCUT2D eigenvalue weighted by atomic mass is 79.9. The molecule has 11 nitrogen and oxygen atoms in total. The zero-order valence-electron chi connectivity index (χ0n) is 25.1. The summed E-state index contributed by atoms with van der Waals surface area (Å²) in [6.45, 7) is 22.6. The molecule has 3 N–H and O–H groups in total. The quantitative estimate of drug-likeness (QED) is 0.226. The van der Waals surface area contributed by atoms with E-state index in [-0.39, 0.29) is 28.4 Å². The van der Waals surface area contributed by atoms with Crippen LogP contribution < -0.4 is 11.1 Å². The largest absolute Gasteiger partial charge is 0.468 e. The van der Waals surface area contributed by atoms with Crippen LogP contribution in [0.5, 0.6) is 0 Å². The second-order valence-electron chi connectivity index (χ2n) is 13.1. The second-order valence-corrected chi connectivity index (χ2v) is 23.4. The Hall–Kier alpha value is -1.43. The Bertz CT molecular complexity index is 1180. The minimum Gasteiger partial charge on any atom is -0.468 e. The summed E-state index contributed by atoms with van der Waals surface area (Å²) >= 11 is 3.61. The number of anilines is 1. The third-order valence-electron chi connectivity index (χ3n) is 8.32. The van der Waals surface area contributed by atoms with Gasteiger partial charge in [0, 0.05) is 6.54 Å². The summed E-state index contributed by atoms with van der Waals surface area (Å²) in [4.78, 5) is 25.0. The van der Waals surface area contributed by atoms with Gasteiger partial charge in [0.15, 0.2) is 44.6 Å². The Balaban J connectivity index is 2.15. The summed E-state index contributed by atoms with van der Waals surface area (Å²) < 4.78 is 28.2. The van der Waals surface area contributed by atoms with Gasteiger partial charge in [0.2, 0.25) is 0 Å². The van der Waals surface area contributed by atoms with Crippen molar-refractivity contribution in [1.29, 1.82) is 0 Å². The number of ether oxygens (including phenoxy) is 2. The molecule has 39 heavy (non-hydrogen) atoms. The number of methoxy groups -OCH3 is 1. The summed E-state index contributed by atoms with van der Waals surface area (Å²) in [7, 11) is -3.22. The van der Waals surface area contributed by atoms with Crippen LogP contribution >= 0.6 is 15.9 Å². The molecule has 1 saturated heterocycles. The number of hydrogen-bond acceptors (Lipinski definition) is 10. The molecule has 220 valence electrons. The fourth-order valence-electron chi connectivity index (χ4n) is 3.90. The monoisotopic (exact) mass is 644 g/mol. The van der Waals surface area contributed by atoms with Crippen LogP contribution in [0, 0.1) is 0 Å². The number of fused-ring (bicyclic) bond motifs is 1. The molecular formula is C25H45BrN6O5Si2. The summed E-state index contributed by atoms with van der Waals surface area (Å²) in [5, 5.41) is 3.09. The van der Waals surface area contributed by atoms with Gasteiger partial charge in [0.25, 0.3) is 0 Å². The number of hydrogen-bond donors (Lipinski definition) is 2. The smallest absolute Gasteiger partial charge is 0.319 e. The lowest BCUT2D eigenvalue weighted by Crippen LogP contribution is -2.54. The zero-order valence-corrected chi connectivity index (χ0v) is 28.7. The molecule has 14 heteroatoms. The number of aromatic nitrogens is 4. The number of halogens is 1. The van der Waals surface area contributed by atoms with E-state index >= 15 is 0 Å². The zero-order chi connectivity index (χ0) is 29.6. The molecule has 0 saturated carbocycles. The summed E-state index contributed by atoms with van der Waals surface area (Å²) in [5.41, 5.74) is 7.16. The first-order valence-corrected chi connectivity index (χ1v) is 19.8. The minimum absolute atomic E-state index is 0.0411. The van der Waals surface area contributed by atoms with Crippen molar-refractivity contribution in [3.05, 3.63) is 11.1 Å². The SMILES string of the molecule is COC(=O)CNC[C@H]1O[C@@H](n2c(Br)nc3c(N)ncnc32)[C@H](O[Si](C)(C)C(C)(C)C)[C@@H]1O[Si](C)(C)C(C)(C)C. The van der Waals surface area contributed by atoms with E-state index in [1.165, 1.54) is 13.4 Å². The number of carbonyl (C=O) groups is 1. The topological polar surface area (TPSA) is 136 Å². The number of carbonyl (C=O) groups excluding carboxylic acids is 1. The highest BCUT2D eigenvalue weighted by Gasteiger charge is 2.54. The molecule has 1 aliphatic rings. The maximum Gasteiger partial charge on any atom is 0.319 e. The van der Waals surface area contributed by atoms with Crippen LogP contribution in [0.2, 0.25) is 36.3 Å². The van der Waals surface area contributed by atoms with Crippen molar-refractivity contribution in [2.24, 2.45) is 0 Å². The van der Waals surface area contributed by atoms with Crippen LogP contribution in [0.1, 0.15) is 47.8 Å². The van der Waals surface area contributed by atoms with Gasteiger partial charge in [-0.1, -0.05) is 41.5 Å². The molecule has 0 amide bonds. The number of nitrogen functional groups attached to an aromatic ring is 1. The fraction of sp³-hybridized carbons (Fsp3) is 0.760. The number of nitrogens with zero attached hydrogens (tertiary/aromatic N) is 4. The predicted octanol–water partition coefficient (Wildman–Crippen LogP) is 4.61. The average molecular weight is 646 g/mol. The lowest BCUT2D eigenvalue weighted by atomic mass is 10.1. The fourth-order valence-corrected chi connectivity index (χ4v) is 7.05. The molecule has 2 aromatic rings. The van der Waals surface area contributed by atoms with E-state index in [9.17, 15) is 4.79 Å². The van der Waals surface area contributed by atoms with E-state index in [0.29, 0.717) is 22.4 Å². The van der Waals surface area contributed by atoms with Crippen LogP contribution in [0.25, 0.3) is 11.2 Å². The predicted molar refractivity (Wildman–Crippen MR) is 160 cm³/mol. The Kier molecular flexibility index (Phi) is 9.42. The van der Waals surface area contributed by atoms with Crippen molar-refractivity contribution in [2.45, 2.75) is 102 Å². The van der Waals surface area contributed by atoms with Gasteiger partial charge < -0.3 is 29.4 Å². The Morgan fingerprint density at radius 3 is 2.18 bits per heavy atom. The normalized spacial score (nSPS) is 23.0. The van der Waals surface area contributed by atoms with Gasteiger partial charge in [-0.3, -0.25) is 9.36 Å². The molecule has 0 radical (unpaired) electrons. The molecule has 0 unspecified atom stereocenters. The van der Waals surface area contributed by atoms with E-state index in [4.69, 9.17) is 24.1 Å². The van der Waals surface area contributed by atoms with Crippen molar-refractivity contribution in [3.8, 4) is 0 Å². The van der Waals surface area contributed by atoms with Crippen LogP contribution in [-0.2, 0) is 23.1 Å². The van der Waals surface area contributed by atoms with Gasteiger partial charge in [-0.15, -0.1) is 0 Å². The molecule has 0 aliphatic carbocycles. The van der Waals surface area contributed by atoms with Gasteiger partial charge in [0.1, 0.15) is 24.6 Å². The summed E-state index contributed by atoms with van der Waals surface area (Å²) in [5.74, 6) is -0.0688. The molecule has 3 heterocycles. The number of nitrogens with two attached hydrogens (primary N) is 1. The number of esters is 1. The van der Waals surface area contributed by atoms with Crippen LogP contribution in [0.4, 0.5) is 5.82 Å². The van der Waals surface area contributed by atoms with Crippen molar-refractivity contribution in [3.63, 3.8) is 0 Å². The highest BCUT2D eigenvalue weighted by molar-refractivity contribution is 9.10. The lowest BCUT2D eigenvalue weighted by Gasteiger charge is -2.44.